The molecule has 112 valence electrons. The second-order valence-corrected chi connectivity index (χ2v) is 4.09. The Kier molecular flexibility index (Phi) is 6.37. The molecule has 0 aliphatic carbocycles. The number of esters is 1. The van der Waals surface area contributed by atoms with Crippen LogP contribution in [0.15, 0.2) is 18.2 Å². The standard InChI is InChI=1S/C15H17FN2O3/c1-3-18(10-14(19)21-2)15(20)13-7-6-12(16)9-11(13)5-4-8-17/h6-7,9H,3,8,10,17H2,1-2H3. The fourth-order valence-electron chi connectivity index (χ4n) is 1.67. The molecular weight excluding hydrogens is 275 g/mol. The van der Waals surface area contributed by atoms with Crippen LogP contribution in [0.3, 0.4) is 0 Å². The molecule has 2 N–H and O–H groups in total. The van der Waals surface area contributed by atoms with Crippen LogP contribution in [0.25, 0.3) is 0 Å². The Morgan fingerprint density at radius 2 is 2.14 bits per heavy atom. The molecule has 1 amide bonds. The third-order valence-electron chi connectivity index (χ3n) is 2.75. The minimum Gasteiger partial charge on any atom is -0.468 e. The van der Waals surface area contributed by atoms with Crippen molar-refractivity contribution in [2.45, 2.75) is 6.92 Å². The summed E-state index contributed by atoms with van der Waals surface area (Å²) >= 11 is 0. The summed E-state index contributed by atoms with van der Waals surface area (Å²) in [6.45, 7) is 1.97. The summed E-state index contributed by atoms with van der Waals surface area (Å²) in [5.74, 6) is 3.81. The van der Waals surface area contributed by atoms with Gasteiger partial charge in [-0.25, -0.2) is 4.39 Å². The topological polar surface area (TPSA) is 72.6 Å². The van der Waals surface area contributed by atoms with Gasteiger partial charge in [0.2, 0.25) is 0 Å². The van der Waals surface area contributed by atoms with E-state index >= 15 is 0 Å². The largest absolute Gasteiger partial charge is 0.468 e. The molecule has 0 spiro atoms. The fourth-order valence-corrected chi connectivity index (χ4v) is 1.67. The van der Waals surface area contributed by atoms with Gasteiger partial charge in [-0.05, 0) is 25.1 Å². The van der Waals surface area contributed by atoms with Crippen molar-refractivity contribution in [3.8, 4) is 11.8 Å². The molecule has 1 aromatic rings. The molecule has 1 aromatic carbocycles. The van der Waals surface area contributed by atoms with Crippen LogP contribution in [-0.2, 0) is 9.53 Å². The zero-order valence-electron chi connectivity index (χ0n) is 12.0. The highest BCUT2D eigenvalue weighted by Crippen LogP contribution is 2.13. The van der Waals surface area contributed by atoms with Gasteiger partial charge in [0.1, 0.15) is 12.4 Å². The van der Waals surface area contributed by atoms with Crippen molar-refractivity contribution in [1.82, 2.24) is 4.90 Å². The lowest BCUT2D eigenvalue weighted by Gasteiger charge is -2.20. The maximum atomic E-state index is 13.3. The van der Waals surface area contributed by atoms with Gasteiger partial charge in [0, 0.05) is 12.1 Å². The molecule has 1 rings (SSSR count). The zero-order valence-corrected chi connectivity index (χ0v) is 12.0. The van der Waals surface area contributed by atoms with Gasteiger partial charge in [-0.15, -0.1) is 0 Å². The number of nitrogens with two attached hydrogens (primary N) is 1. The lowest BCUT2D eigenvalue weighted by molar-refractivity contribution is -0.141. The summed E-state index contributed by atoms with van der Waals surface area (Å²) in [6.07, 6.45) is 0. The number of likely N-dealkylation sites (N-methyl/N-ethyl adjacent to an activating group) is 1. The number of carbonyl (C=O) groups is 2. The molecule has 0 aliphatic rings. The summed E-state index contributed by atoms with van der Waals surface area (Å²) in [7, 11) is 1.25. The van der Waals surface area contributed by atoms with E-state index < -0.39 is 17.7 Å². The molecule has 0 radical (unpaired) electrons. The maximum absolute atomic E-state index is 13.3. The Labute approximate surface area is 122 Å². The maximum Gasteiger partial charge on any atom is 0.325 e. The predicted octanol–water partition coefficient (Wildman–Crippen LogP) is 0.771. The lowest BCUT2D eigenvalue weighted by atomic mass is 10.1. The average Bonchev–Trinajstić information content (AvgIpc) is 2.49. The van der Waals surface area contributed by atoms with E-state index in [1.54, 1.807) is 6.92 Å². The number of benzene rings is 1. The van der Waals surface area contributed by atoms with Crippen LogP contribution < -0.4 is 5.73 Å². The van der Waals surface area contributed by atoms with E-state index in [9.17, 15) is 14.0 Å². The number of ether oxygens (including phenoxy) is 1. The first-order chi connectivity index (χ1) is 10.0. The van der Waals surface area contributed by atoms with Gasteiger partial charge in [-0.3, -0.25) is 9.59 Å². The Bertz CT molecular complexity index is 590. The van der Waals surface area contributed by atoms with E-state index in [-0.39, 0.29) is 24.2 Å². The molecule has 0 heterocycles. The van der Waals surface area contributed by atoms with Crippen molar-refractivity contribution in [3.05, 3.63) is 35.1 Å². The second kappa shape index (κ2) is 8.02. The quantitative estimate of drug-likeness (QED) is 0.657. The van der Waals surface area contributed by atoms with Crippen LogP contribution in [0.2, 0.25) is 0 Å². The van der Waals surface area contributed by atoms with Crippen molar-refractivity contribution in [3.63, 3.8) is 0 Å². The Morgan fingerprint density at radius 3 is 2.71 bits per heavy atom. The summed E-state index contributed by atoms with van der Waals surface area (Å²) in [5, 5.41) is 0. The summed E-state index contributed by atoms with van der Waals surface area (Å²) in [5.41, 5.74) is 5.76. The van der Waals surface area contributed by atoms with E-state index in [0.717, 1.165) is 0 Å². The highest BCUT2D eigenvalue weighted by molar-refractivity contribution is 5.98. The van der Waals surface area contributed by atoms with Crippen molar-refractivity contribution >= 4 is 11.9 Å². The monoisotopic (exact) mass is 292 g/mol. The second-order valence-electron chi connectivity index (χ2n) is 4.09. The Morgan fingerprint density at radius 1 is 1.43 bits per heavy atom. The SMILES string of the molecule is CCN(CC(=O)OC)C(=O)c1ccc(F)cc1C#CCN. The molecule has 0 aromatic heterocycles. The molecular formula is C15H17FN2O3. The normalized spacial score (nSPS) is 9.52. The number of rotatable bonds is 4. The highest BCUT2D eigenvalue weighted by atomic mass is 19.1. The summed E-state index contributed by atoms with van der Waals surface area (Å²) in [6, 6.07) is 3.69. The summed E-state index contributed by atoms with van der Waals surface area (Å²) in [4.78, 5) is 25.0. The molecule has 0 saturated heterocycles. The molecule has 6 heteroatoms. The van der Waals surface area contributed by atoms with E-state index in [0.29, 0.717) is 6.54 Å². The summed E-state index contributed by atoms with van der Waals surface area (Å²) < 4.78 is 17.8. The molecule has 0 atom stereocenters. The van der Waals surface area contributed by atoms with Crippen molar-refractivity contribution in [2.75, 3.05) is 26.7 Å². The van der Waals surface area contributed by atoms with Gasteiger partial charge in [-0.2, -0.15) is 0 Å². The van der Waals surface area contributed by atoms with Crippen molar-refractivity contribution in [1.29, 1.82) is 0 Å². The van der Waals surface area contributed by atoms with Crippen molar-refractivity contribution < 1.29 is 18.7 Å². The van der Waals surface area contributed by atoms with Gasteiger partial charge in [0.25, 0.3) is 5.91 Å². The Balaban J connectivity index is 3.12. The van der Waals surface area contributed by atoms with E-state index in [1.807, 2.05) is 0 Å². The third-order valence-corrected chi connectivity index (χ3v) is 2.75. The third kappa shape index (κ3) is 4.58. The van der Waals surface area contributed by atoms with Gasteiger partial charge in [0.05, 0.1) is 19.2 Å². The number of hydrogen-bond donors (Lipinski definition) is 1. The minimum absolute atomic E-state index is 0.101. The lowest BCUT2D eigenvalue weighted by Crippen LogP contribution is -2.36. The number of hydrogen-bond acceptors (Lipinski definition) is 4. The van der Waals surface area contributed by atoms with E-state index in [1.165, 1.54) is 30.2 Å². The van der Waals surface area contributed by atoms with Crippen LogP contribution in [0.4, 0.5) is 4.39 Å². The average molecular weight is 292 g/mol. The molecule has 0 fully saturated rings. The number of methoxy groups -OCH3 is 1. The molecule has 21 heavy (non-hydrogen) atoms. The first-order valence-corrected chi connectivity index (χ1v) is 6.38. The van der Waals surface area contributed by atoms with Gasteiger partial charge in [-0.1, -0.05) is 11.8 Å². The smallest absolute Gasteiger partial charge is 0.325 e. The minimum atomic E-state index is -0.526. The molecule has 0 unspecified atom stereocenters. The number of nitrogens with zero attached hydrogens (tertiary/aromatic N) is 1. The highest BCUT2D eigenvalue weighted by Gasteiger charge is 2.20. The van der Waals surface area contributed by atoms with Crippen LogP contribution in [0, 0.1) is 17.7 Å². The van der Waals surface area contributed by atoms with E-state index in [2.05, 4.69) is 16.6 Å². The predicted molar refractivity (Wildman–Crippen MR) is 75.9 cm³/mol. The molecule has 0 bridgehead atoms. The van der Waals surface area contributed by atoms with Crippen molar-refractivity contribution in [2.24, 2.45) is 5.73 Å². The number of carbonyl (C=O) groups excluding carboxylic acids is 2. The number of halogens is 1. The molecule has 0 saturated carbocycles. The number of amides is 1. The van der Waals surface area contributed by atoms with Crippen LogP contribution in [-0.4, -0.2) is 43.5 Å². The van der Waals surface area contributed by atoms with E-state index in [4.69, 9.17) is 5.73 Å². The van der Waals surface area contributed by atoms with Gasteiger partial charge in [0.15, 0.2) is 0 Å². The van der Waals surface area contributed by atoms with Crippen LogP contribution >= 0.6 is 0 Å². The molecule has 0 aliphatic heterocycles. The Hall–Kier alpha value is -2.39. The first kappa shape index (κ1) is 16.7. The van der Waals surface area contributed by atoms with Crippen LogP contribution in [0.5, 0.6) is 0 Å². The zero-order chi connectivity index (χ0) is 15.8. The first-order valence-electron chi connectivity index (χ1n) is 6.38. The molecule has 5 nitrogen and oxygen atoms in total. The fraction of sp³-hybridized carbons (Fsp3) is 0.333. The van der Waals surface area contributed by atoms with Gasteiger partial charge >= 0.3 is 5.97 Å². The van der Waals surface area contributed by atoms with Crippen LogP contribution in [0.1, 0.15) is 22.8 Å². The van der Waals surface area contributed by atoms with Gasteiger partial charge < -0.3 is 15.4 Å².